The van der Waals surface area contributed by atoms with Gasteiger partial charge in [-0.05, 0) is 13.8 Å². The summed E-state index contributed by atoms with van der Waals surface area (Å²) in [5, 5.41) is 2.59. The van der Waals surface area contributed by atoms with Crippen LogP contribution in [0.15, 0.2) is 6.33 Å². The predicted molar refractivity (Wildman–Crippen MR) is 125 cm³/mol. The highest BCUT2D eigenvalue weighted by Gasteiger charge is 2.51. The highest BCUT2D eigenvalue weighted by Crippen LogP contribution is 2.37. The lowest BCUT2D eigenvalue weighted by atomic mass is 10.1. The van der Waals surface area contributed by atoms with Crippen molar-refractivity contribution in [2.45, 2.75) is 66.1 Å². The standard InChI is InChI=1S/C22H30N6O8/c1-7-27(8-2)19-16-20(26-22(25-19)24-11(3)29)28(10-23-16)21-18(35-14(6)32)17(34-13(5)31)15(36-21)9-33-12(4)30/h10,15,17-18,21H,7-9H2,1-6H3,(H,24,25,26,29)/t15-,17-,18-,21-/m1/s1. The second kappa shape index (κ2) is 11.3. The molecule has 1 aliphatic heterocycles. The van der Waals surface area contributed by atoms with E-state index < -0.39 is 42.4 Å². The molecule has 2 aromatic rings. The number of rotatable bonds is 9. The number of hydrogen-bond acceptors (Lipinski definition) is 12. The van der Waals surface area contributed by atoms with Gasteiger partial charge in [-0.25, -0.2) is 4.98 Å². The first-order chi connectivity index (χ1) is 17.0. The van der Waals surface area contributed by atoms with Crippen LogP contribution in [0, 0.1) is 0 Å². The van der Waals surface area contributed by atoms with E-state index in [2.05, 4.69) is 20.3 Å². The molecule has 0 aliphatic carbocycles. The van der Waals surface area contributed by atoms with E-state index in [1.807, 2.05) is 18.7 Å². The van der Waals surface area contributed by atoms with Crippen LogP contribution in [0.5, 0.6) is 0 Å². The number of nitrogens with one attached hydrogen (secondary N) is 1. The number of esters is 3. The molecule has 1 aliphatic rings. The molecule has 36 heavy (non-hydrogen) atoms. The van der Waals surface area contributed by atoms with E-state index in [0.29, 0.717) is 24.4 Å². The quantitative estimate of drug-likeness (QED) is 0.379. The number of amides is 1. The van der Waals surface area contributed by atoms with E-state index in [4.69, 9.17) is 18.9 Å². The minimum absolute atomic E-state index is 0.0497. The maximum Gasteiger partial charge on any atom is 0.303 e. The molecule has 1 saturated heterocycles. The second-order valence-corrected chi connectivity index (χ2v) is 8.06. The van der Waals surface area contributed by atoms with Crippen LogP contribution in [0.2, 0.25) is 0 Å². The summed E-state index contributed by atoms with van der Waals surface area (Å²) < 4.78 is 23.6. The number of imidazole rings is 1. The Hall–Kier alpha value is -3.81. The van der Waals surface area contributed by atoms with Crippen molar-refractivity contribution in [2.24, 2.45) is 0 Å². The maximum atomic E-state index is 12.0. The Bertz CT molecular complexity index is 1150. The normalized spacial score (nSPS) is 21.2. The summed E-state index contributed by atoms with van der Waals surface area (Å²) in [4.78, 5) is 62.3. The van der Waals surface area contributed by atoms with Gasteiger partial charge in [-0.3, -0.25) is 29.1 Å². The number of fused-ring (bicyclic) bond motifs is 1. The molecular formula is C22H30N6O8. The number of nitrogens with zero attached hydrogens (tertiary/aromatic N) is 5. The fourth-order valence-corrected chi connectivity index (χ4v) is 3.96. The van der Waals surface area contributed by atoms with Crippen molar-refractivity contribution in [1.82, 2.24) is 19.5 Å². The van der Waals surface area contributed by atoms with E-state index in [1.54, 1.807) is 0 Å². The van der Waals surface area contributed by atoms with Gasteiger partial charge in [-0.2, -0.15) is 9.97 Å². The number of ether oxygens (including phenoxy) is 4. The van der Waals surface area contributed by atoms with Crippen LogP contribution in [0.1, 0.15) is 47.8 Å². The Morgan fingerprint density at radius 3 is 2.19 bits per heavy atom. The summed E-state index contributed by atoms with van der Waals surface area (Å²) in [6.07, 6.45) is -2.74. The van der Waals surface area contributed by atoms with Crippen molar-refractivity contribution in [3.63, 3.8) is 0 Å². The third-order valence-electron chi connectivity index (χ3n) is 5.37. The lowest BCUT2D eigenvalue weighted by molar-refractivity contribution is -0.166. The lowest BCUT2D eigenvalue weighted by Gasteiger charge is -2.24. The van der Waals surface area contributed by atoms with Crippen LogP contribution in [-0.2, 0) is 38.1 Å². The minimum atomic E-state index is -1.11. The van der Waals surface area contributed by atoms with Crippen molar-refractivity contribution >= 4 is 46.7 Å². The predicted octanol–water partition coefficient (Wildman–Crippen LogP) is 0.955. The molecule has 2 aromatic heterocycles. The largest absolute Gasteiger partial charge is 0.463 e. The number of hydrogen-bond donors (Lipinski definition) is 1. The Balaban J connectivity index is 2.15. The van der Waals surface area contributed by atoms with E-state index in [9.17, 15) is 19.2 Å². The molecular weight excluding hydrogens is 476 g/mol. The molecule has 0 aromatic carbocycles. The molecule has 1 fully saturated rings. The van der Waals surface area contributed by atoms with Crippen LogP contribution >= 0.6 is 0 Å². The highest BCUT2D eigenvalue weighted by atomic mass is 16.7. The van der Waals surface area contributed by atoms with Gasteiger partial charge in [0.25, 0.3) is 0 Å². The summed E-state index contributed by atoms with van der Waals surface area (Å²) in [6, 6.07) is 0. The average molecular weight is 507 g/mol. The van der Waals surface area contributed by atoms with Crippen LogP contribution in [0.4, 0.5) is 11.8 Å². The van der Waals surface area contributed by atoms with Gasteiger partial charge in [0, 0.05) is 40.8 Å². The Morgan fingerprint density at radius 2 is 1.64 bits per heavy atom. The van der Waals surface area contributed by atoms with Crippen LogP contribution in [0.3, 0.4) is 0 Å². The first-order valence-electron chi connectivity index (χ1n) is 11.5. The van der Waals surface area contributed by atoms with Crippen molar-refractivity contribution in [3.8, 4) is 0 Å². The van der Waals surface area contributed by atoms with Gasteiger partial charge in [0.2, 0.25) is 11.9 Å². The summed E-state index contributed by atoms with van der Waals surface area (Å²) in [6.45, 7) is 9.87. The zero-order valence-electron chi connectivity index (χ0n) is 21.0. The summed E-state index contributed by atoms with van der Waals surface area (Å²) in [5.41, 5.74) is 0.706. The van der Waals surface area contributed by atoms with Gasteiger partial charge >= 0.3 is 17.9 Å². The zero-order chi connectivity index (χ0) is 26.6. The highest BCUT2D eigenvalue weighted by molar-refractivity contribution is 5.90. The van der Waals surface area contributed by atoms with Gasteiger partial charge in [0.1, 0.15) is 12.7 Å². The van der Waals surface area contributed by atoms with Crippen LogP contribution in [0.25, 0.3) is 11.2 Å². The molecule has 0 radical (unpaired) electrons. The second-order valence-electron chi connectivity index (χ2n) is 8.06. The Kier molecular flexibility index (Phi) is 8.40. The number of carbonyl (C=O) groups excluding carboxylic acids is 4. The van der Waals surface area contributed by atoms with E-state index in [0.717, 1.165) is 0 Å². The first kappa shape index (κ1) is 26.8. The zero-order valence-corrected chi connectivity index (χ0v) is 21.0. The van der Waals surface area contributed by atoms with Gasteiger partial charge in [0.15, 0.2) is 35.4 Å². The summed E-state index contributed by atoms with van der Waals surface area (Å²) in [5.74, 6) is -1.66. The average Bonchev–Trinajstić information content (AvgIpc) is 3.33. The van der Waals surface area contributed by atoms with Crippen molar-refractivity contribution in [2.75, 3.05) is 29.9 Å². The molecule has 0 spiro atoms. The van der Waals surface area contributed by atoms with E-state index in [-0.39, 0.29) is 24.1 Å². The van der Waals surface area contributed by atoms with E-state index >= 15 is 0 Å². The smallest absolute Gasteiger partial charge is 0.303 e. The molecule has 4 atom stereocenters. The van der Waals surface area contributed by atoms with Gasteiger partial charge < -0.3 is 23.8 Å². The summed E-state index contributed by atoms with van der Waals surface area (Å²) in [7, 11) is 0. The number of anilines is 2. The SMILES string of the molecule is CCN(CC)c1nc(NC(C)=O)nc2c1ncn2[C@@H]1O[C@H](COC(C)=O)[C@@H](OC(C)=O)[C@H]1OC(C)=O. The Labute approximate surface area is 207 Å². The third-order valence-corrected chi connectivity index (χ3v) is 5.37. The third kappa shape index (κ3) is 5.87. The van der Waals surface area contributed by atoms with Crippen molar-refractivity contribution < 1.29 is 38.1 Å². The molecule has 1 amide bonds. The van der Waals surface area contributed by atoms with Crippen LogP contribution in [-0.4, -0.2) is 81.3 Å². The molecule has 0 bridgehead atoms. The topological polar surface area (TPSA) is 164 Å². The first-order valence-corrected chi connectivity index (χ1v) is 11.5. The molecule has 0 saturated carbocycles. The Morgan fingerprint density at radius 1 is 1.00 bits per heavy atom. The molecule has 1 N–H and O–H groups in total. The fourth-order valence-electron chi connectivity index (χ4n) is 3.96. The van der Waals surface area contributed by atoms with Crippen molar-refractivity contribution in [3.05, 3.63) is 6.33 Å². The minimum Gasteiger partial charge on any atom is -0.463 e. The van der Waals surface area contributed by atoms with Crippen molar-refractivity contribution in [1.29, 1.82) is 0 Å². The van der Waals surface area contributed by atoms with E-state index in [1.165, 1.54) is 38.6 Å². The summed E-state index contributed by atoms with van der Waals surface area (Å²) >= 11 is 0. The lowest BCUT2D eigenvalue weighted by Crippen LogP contribution is -2.40. The van der Waals surface area contributed by atoms with Gasteiger partial charge in [0.05, 0.1) is 6.33 Å². The molecule has 14 nitrogen and oxygen atoms in total. The van der Waals surface area contributed by atoms with Crippen LogP contribution < -0.4 is 10.2 Å². The fraction of sp³-hybridized carbons (Fsp3) is 0.591. The molecule has 0 unspecified atom stereocenters. The number of aromatic nitrogens is 4. The van der Waals surface area contributed by atoms with Gasteiger partial charge in [-0.15, -0.1) is 0 Å². The van der Waals surface area contributed by atoms with Gasteiger partial charge in [-0.1, -0.05) is 0 Å². The monoisotopic (exact) mass is 506 g/mol. The number of carbonyl (C=O) groups is 4. The molecule has 3 rings (SSSR count). The maximum absolute atomic E-state index is 12.0. The molecule has 3 heterocycles. The molecule has 196 valence electrons. The molecule has 14 heteroatoms.